The highest BCUT2D eigenvalue weighted by atomic mass is 32.1. The van der Waals surface area contributed by atoms with E-state index in [0.29, 0.717) is 30.2 Å². The molecule has 0 bridgehead atoms. The molecule has 0 aliphatic rings. The SMILES string of the molecule is CCCOc1ccc(F)c2c(=O)c(-c3ccc(OC)cc3)cn(C(S)CC(=O)OCCN(C)C)c12. The zero-order valence-electron chi connectivity index (χ0n) is 20.4. The summed E-state index contributed by atoms with van der Waals surface area (Å²) in [4.78, 5) is 27.9. The van der Waals surface area contributed by atoms with E-state index in [4.69, 9.17) is 14.2 Å². The largest absolute Gasteiger partial charge is 0.497 e. The Morgan fingerprint density at radius 1 is 1.14 bits per heavy atom. The van der Waals surface area contributed by atoms with Crippen LogP contribution in [0.25, 0.3) is 22.0 Å². The zero-order chi connectivity index (χ0) is 25.5. The predicted octanol–water partition coefficient (Wildman–Crippen LogP) is 4.53. The molecule has 9 heteroatoms. The molecule has 0 amide bonds. The van der Waals surface area contributed by atoms with Gasteiger partial charge in [-0.25, -0.2) is 4.39 Å². The van der Waals surface area contributed by atoms with Gasteiger partial charge in [0.25, 0.3) is 0 Å². The second kappa shape index (κ2) is 12.1. The maximum Gasteiger partial charge on any atom is 0.308 e. The molecular formula is C26H31FN2O5S. The molecule has 3 rings (SSSR count). The fraction of sp³-hybridized carbons (Fsp3) is 0.385. The number of rotatable bonds is 11. The molecule has 1 unspecified atom stereocenters. The summed E-state index contributed by atoms with van der Waals surface area (Å²) in [6, 6.07) is 9.61. The van der Waals surface area contributed by atoms with E-state index in [2.05, 4.69) is 12.6 Å². The Kier molecular flexibility index (Phi) is 9.17. The lowest BCUT2D eigenvalue weighted by Crippen LogP contribution is -2.22. The van der Waals surface area contributed by atoms with Crippen molar-refractivity contribution >= 4 is 29.5 Å². The summed E-state index contributed by atoms with van der Waals surface area (Å²) >= 11 is 4.65. The van der Waals surface area contributed by atoms with Crippen molar-refractivity contribution in [2.24, 2.45) is 0 Å². The maximum absolute atomic E-state index is 15.1. The van der Waals surface area contributed by atoms with Crippen LogP contribution in [0.3, 0.4) is 0 Å². The summed E-state index contributed by atoms with van der Waals surface area (Å²) in [5, 5.41) is -0.848. The number of benzene rings is 2. The molecule has 3 aromatic rings. The molecule has 0 radical (unpaired) electrons. The number of carbonyl (C=O) groups excluding carboxylic acids is 1. The van der Waals surface area contributed by atoms with Crippen molar-refractivity contribution in [1.29, 1.82) is 0 Å². The first-order valence-corrected chi connectivity index (χ1v) is 11.9. The number of pyridine rings is 1. The molecule has 0 saturated carbocycles. The number of halogens is 1. The minimum atomic E-state index is -0.729. The van der Waals surface area contributed by atoms with Crippen LogP contribution >= 0.6 is 12.6 Å². The highest BCUT2D eigenvalue weighted by Gasteiger charge is 2.23. The molecule has 0 N–H and O–H groups in total. The summed E-state index contributed by atoms with van der Waals surface area (Å²) in [5.41, 5.74) is 0.628. The average molecular weight is 503 g/mol. The van der Waals surface area contributed by atoms with Gasteiger partial charge in [0.2, 0.25) is 0 Å². The summed E-state index contributed by atoms with van der Waals surface area (Å²) in [6.45, 7) is 3.17. The lowest BCUT2D eigenvalue weighted by atomic mass is 10.0. The van der Waals surface area contributed by atoms with Gasteiger partial charge in [-0.2, -0.15) is 12.6 Å². The lowest BCUT2D eigenvalue weighted by Gasteiger charge is -2.22. The Balaban J connectivity index is 2.13. The van der Waals surface area contributed by atoms with E-state index in [1.54, 1.807) is 42.1 Å². The number of aromatic nitrogens is 1. The fourth-order valence-corrected chi connectivity index (χ4v) is 3.94. The number of hydrogen-bond acceptors (Lipinski definition) is 7. The number of ether oxygens (including phenoxy) is 3. The third-order valence-corrected chi connectivity index (χ3v) is 5.85. The quantitative estimate of drug-likeness (QED) is 0.307. The lowest BCUT2D eigenvalue weighted by molar-refractivity contribution is -0.144. The molecule has 0 fully saturated rings. The first-order valence-electron chi connectivity index (χ1n) is 11.4. The van der Waals surface area contributed by atoms with Crippen LogP contribution in [0, 0.1) is 5.82 Å². The van der Waals surface area contributed by atoms with Crippen LogP contribution in [-0.2, 0) is 9.53 Å². The normalized spacial score (nSPS) is 12.1. The number of nitrogens with zero attached hydrogens (tertiary/aromatic N) is 2. The van der Waals surface area contributed by atoms with Gasteiger partial charge in [-0.3, -0.25) is 9.59 Å². The van der Waals surface area contributed by atoms with Gasteiger partial charge >= 0.3 is 5.97 Å². The second-order valence-electron chi connectivity index (χ2n) is 8.33. The second-order valence-corrected chi connectivity index (χ2v) is 8.93. The number of thiol groups is 1. The first kappa shape index (κ1) is 26.6. The number of likely N-dealkylation sites (N-methyl/N-ethyl adjacent to an activating group) is 1. The highest BCUT2D eigenvalue weighted by Crippen LogP contribution is 2.33. The average Bonchev–Trinajstić information content (AvgIpc) is 2.83. The number of carbonyl (C=O) groups is 1. The molecule has 1 atom stereocenters. The molecule has 0 spiro atoms. The van der Waals surface area contributed by atoms with Gasteiger partial charge in [-0.15, -0.1) is 0 Å². The van der Waals surface area contributed by atoms with Crippen molar-refractivity contribution in [1.82, 2.24) is 9.47 Å². The van der Waals surface area contributed by atoms with Crippen molar-refractivity contribution in [2.75, 3.05) is 41.0 Å². The molecule has 0 aliphatic carbocycles. The number of fused-ring (bicyclic) bond motifs is 1. The molecule has 0 saturated heterocycles. The van der Waals surface area contributed by atoms with Crippen molar-refractivity contribution in [3.05, 3.63) is 58.6 Å². The summed E-state index contributed by atoms with van der Waals surface area (Å²) < 4.78 is 33.1. The summed E-state index contributed by atoms with van der Waals surface area (Å²) in [7, 11) is 5.32. The van der Waals surface area contributed by atoms with Crippen LogP contribution in [0.15, 0.2) is 47.4 Å². The van der Waals surface area contributed by atoms with Crippen molar-refractivity contribution in [3.63, 3.8) is 0 Å². The van der Waals surface area contributed by atoms with Gasteiger partial charge in [0.05, 0.1) is 36.4 Å². The number of esters is 1. The minimum absolute atomic E-state index is 0.0830. The summed E-state index contributed by atoms with van der Waals surface area (Å²) in [5.74, 6) is -0.144. The molecule has 2 aromatic carbocycles. The van der Waals surface area contributed by atoms with Gasteiger partial charge < -0.3 is 23.7 Å². The van der Waals surface area contributed by atoms with Crippen LogP contribution in [0.4, 0.5) is 4.39 Å². The third-order valence-electron chi connectivity index (χ3n) is 5.42. The van der Waals surface area contributed by atoms with Crippen molar-refractivity contribution in [3.8, 4) is 22.6 Å². The fourth-order valence-electron chi connectivity index (χ4n) is 3.60. The van der Waals surface area contributed by atoms with Crippen LogP contribution in [0.5, 0.6) is 11.5 Å². The van der Waals surface area contributed by atoms with Gasteiger partial charge in [-0.1, -0.05) is 19.1 Å². The number of hydrogen-bond donors (Lipinski definition) is 1. The van der Waals surface area contributed by atoms with E-state index >= 15 is 4.39 Å². The Bertz CT molecular complexity index is 1230. The smallest absolute Gasteiger partial charge is 0.308 e. The first-order chi connectivity index (χ1) is 16.8. The number of methoxy groups -OCH3 is 1. The van der Waals surface area contributed by atoms with E-state index < -0.39 is 22.6 Å². The van der Waals surface area contributed by atoms with E-state index in [9.17, 15) is 9.59 Å². The molecule has 188 valence electrons. The predicted molar refractivity (Wildman–Crippen MR) is 138 cm³/mol. The Labute approximate surface area is 209 Å². The zero-order valence-corrected chi connectivity index (χ0v) is 21.3. The molecule has 35 heavy (non-hydrogen) atoms. The van der Waals surface area contributed by atoms with Crippen LogP contribution in [-0.4, -0.2) is 56.4 Å². The van der Waals surface area contributed by atoms with Gasteiger partial charge in [0, 0.05) is 18.3 Å². The molecule has 0 aliphatic heterocycles. The standard InChI is InChI=1S/C26H31FN2O5S/c1-5-13-33-21-11-10-20(27)24-25(21)29(22(35)15-23(30)34-14-12-28(2)3)16-19(26(24)31)17-6-8-18(32-4)9-7-17/h6-11,16,22,35H,5,12-15H2,1-4H3. The summed E-state index contributed by atoms with van der Waals surface area (Å²) in [6.07, 6.45) is 2.24. The third kappa shape index (κ3) is 6.35. The van der Waals surface area contributed by atoms with Crippen molar-refractivity contribution < 1.29 is 23.4 Å². The van der Waals surface area contributed by atoms with E-state index in [1.165, 1.54) is 12.1 Å². The molecular weight excluding hydrogens is 471 g/mol. The van der Waals surface area contributed by atoms with E-state index in [0.717, 1.165) is 6.42 Å². The molecule has 1 aromatic heterocycles. The maximum atomic E-state index is 15.1. The van der Waals surface area contributed by atoms with Gasteiger partial charge in [0.15, 0.2) is 5.43 Å². The molecule has 7 nitrogen and oxygen atoms in total. The van der Waals surface area contributed by atoms with E-state index in [1.807, 2.05) is 25.9 Å². The Morgan fingerprint density at radius 3 is 2.49 bits per heavy atom. The van der Waals surface area contributed by atoms with Gasteiger partial charge in [0.1, 0.15) is 23.9 Å². The highest BCUT2D eigenvalue weighted by molar-refractivity contribution is 7.80. The molecule has 1 heterocycles. The Hall–Kier alpha value is -3.04. The minimum Gasteiger partial charge on any atom is -0.497 e. The monoisotopic (exact) mass is 502 g/mol. The Morgan fingerprint density at radius 2 is 1.86 bits per heavy atom. The van der Waals surface area contributed by atoms with Crippen molar-refractivity contribution in [2.45, 2.75) is 25.1 Å². The van der Waals surface area contributed by atoms with E-state index in [-0.39, 0.29) is 29.5 Å². The van der Waals surface area contributed by atoms with Gasteiger partial charge in [-0.05, 0) is 50.3 Å². The van der Waals surface area contributed by atoms with Crippen LogP contribution < -0.4 is 14.9 Å². The van der Waals surface area contributed by atoms with Crippen LogP contribution in [0.1, 0.15) is 25.1 Å². The topological polar surface area (TPSA) is 70.0 Å². The van der Waals surface area contributed by atoms with Crippen LogP contribution in [0.2, 0.25) is 0 Å².